The number of benzene rings is 4. The van der Waals surface area contributed by atoms with Crippen molar-refractivity contribution in [2.75, 3.05) is 44.7 Å². The molecule has 49 heteroatoms. The summed E-state index contributed by atoms with van der Waals surface area (Å²) in [4.78, 5) is 97.0. The second kappa shape index (κ2) is 40.0. The molecule has 0 radical (unpaired) electrons. The third kappa shape index (κ3) is 23.4. The molecule has 2 aliphatic rings. The van der Waals surface area contributed by atoms with Crippen molar-refractivity contribution < 1.29 is 95.2 Å². The minimum Gasteiger partial charge on any atom is -0.480 e. The van der Waals surface area contributed by atoms with Crippen molar-refractivity contribution in [3.05, 3.63) is 178 Å². The van der Waals surface area contributed by atoms with Crippen LogP contribution in [0, 0.1) is 0 Å². The molecule has 14 rings (SSSR count). The van der Waals surface area contributed by atoms with Crippen LogP contribution in [0.25, 0.3) is 85.4 Å². The molecule has 2 saturated heterocycles. The fourth-order valence-electron chi connectivity index (χ4n) is 10.7. The molecule has 0 spiro atoms. The summed E-state index contributed by atoms with van der Waals surface area (Å²) in [5, 5.41) is 48.4. The summed E-state index contributed by atoms with van der Waals surface area (Å²) in [6, 6.07) is 13.5. The minimum absolute atomic E-state index is 0. The van der Waals surface area contributed by atoms with Crippen LogP contribution in [-0.4, -0.2) is 151 Å². The lowest BCUT2D eigenvalue weighted by molar-refractivity contribution is -0.144. The van der Waals surface area contributed by atoms with Crippen molar-refractivity contribution in [2.24, 2.45) is 0 Å². The summed E-state index contributed by atoms with van der Waals surface area (Å²) in [5.41, 5.74) is -4.81. The molecule has 117 heavy (non-hydrogen) atoms. The Kier molecular flexibility index (Phi) is 31.9. The van der Waals surface area contributed by atoms with Crippen LogP contribution < -0.4 is 27.6 Å². The maximum Gasteiger partial charge on any atom is 0.417 e. The highest BCUT2D eigenvalue weighted by Crippen LogP contribution is 2.44. The Balaban J connectivity index is 0.000000185. The predicted octanol–water partition coefficient (Wildman–Crippen LogP) is 16.2. The maximum atomic E-state index is 13.3. The summed E-state index contributed by atoms with van der Waals surface area (Å²) in [5.74, 6) is -2.65. The zero-order valence-electron chi connectivity index (χ0n) is 59.0. The highest BCUT2D eigenvalue weighted by molar-refractivity contribution is 9.09. The number of nitrogens with zero attached hydrogens (tertiary/aromatic N) is 12. The van der Waals surface area contributed by atoms with Gasteiger partial charge in [-0.25, -0.2) is 18.6 Å². The molecule has 2 atom stereocenters. The van der Waals surface area contributed by atoms with Gasteiger partial charge in [-0.3, -0.25) is 38.4 Å². The lowest BCUT2D eigenvalue weighted by Gasteiger charge is -2.15. The number of nitrogens with one attached hydrogen (secondary N) is 2. The zero-order valence-corrected chi connectivity index (χ0v) is 67.7. The molecule has 2 unspecified atom stereocenters. The smallest absolute Gasteiger partial charge is 0.417 e. The number of aliphatic carboxylic acids is 1. The molecule has 4 aromatic carbocycles. The topological polar surface area (TPSA) is 324 Å². The third-order valence-electron chi connectivity index (χ3n) is 16.1. The number of carboxylic acids is 1. The van der Waals surface area contributed by atoms with Crippen LogP contribution in [0.5, 0.6) is 0 Å². The first-order valence-corrected chi connectivity index (χ1v) is 39.0. The van der Waals surface area contributed by atoms with E-state index in [-0.39, 0.29) is 124 Å². The summed E-state index contributed by atoms with van der Waals surface area (Å²) < 4.78 is 194. The van der Waals surface area contributed by atoms with Crippen LogP contribution >= 0.6 is 120 Å². The molecule has 0 bridgehead atoms. The van der Waals surface area contributed by atoms with Crippen LogP contribution in [0.3, 0.4) is 0 Å². The molecule has 2 aliphatic heterocycles. The lowest BCUT2D eigenvalue weighted by Crippen LogP contribution is -2.36. The average Bonchev–Trinajstić information content (AvgIpc) is 1.70. The Bertz CT molecular complexity index is 5880. The number of aromatic nitrogens is 12. The number of alkyl halides is 15. The number of carbonyl (C=O) groups excluding carboxylic acids is 3. The molecule has 10 heterocycles. The van der Waals surface area contributed by atoms with Crippen molar-refractivity contribution in [1.82, 2.24) is 70.6 Å². The quantitative estimate of drug-likeness (QED) is 0.0548. The number of amides is 1. The number of hydrogen-bond acceptors (Lipinski definition) is 23. The van der Waals surface area contributed by atoms with E-state index in [0.29, 0.717) is 40.0 Å². The van der Waals surface area contributed by atoms with Gasteiger partial charge in [-0.15, -0.1) is 78.1 Å². The fourth-order valence-corrected chi connectivity index (χ4v) is 15.3. The van der Waals surface area contributed by atoms with E-state index in [4.69, 9.17) is 56.2 Å². The van der Waals surface area contributed by atoms with E-state index in [0.717, 1.165) is 110 Å². The molecular weight excluding hydrogens is 1840 g/mol. The van der Waals surface area contributed by atoms with Crippen LogP contribution in [0.15, 0.2) is 113 Å². The first-order chi connectivity index (χ1) is 54.6. The monoisotopic (exact) mass is 1890 g/mol. The van der Waals surface area contributed by atoms with Gasteiger partial charge in [0.25, 0.3) is 22.2 Å². The van der Waals surface area contributed by atoms with Crippen molar-refractivity contribution in [1.29, 1.82) is 0 Å². The second-order valence-corrected chi connectivity index (χ2v) is 29.5. The molecule has 3 N–H and O–H groups in total. The number of ether oxygens (including phenoxy) is 2. The number of H-pyrrole nitrogens is 1. The van der Waals surface area contributed by atoms with Gasteiger partial charge in [-0.2, -0.15) is 62.0 Å². The molecule has 25 nitrogen and oxygen atoms in total. The number of fused-ring (bicyclic) bond motifs is 4. The Hall–Kier alpha value is -9.25. The Labute approximate surface area is 696 Å². The van der Waals surface area contributed by atoms with Crippen LogP contribution in [0.2, 0.25) is 20.1 Å². The summed E-state index contributed by atoms with van der Waals surface area (Å²) in [6.07, 6.45) is -19.2. The van der Waals surface area contributed by atoms with Gasteiger partial charge in [0.05, 0.1) is 83.6 Å². The van der Waals surface area contributed by atoms with Crippen molar-refractivity contribution in [3.8, 4) is 44.5 Å². The third-order valence-corrected chi connectivity index (χ3v) is 21.3. The predicted molar refractivity (Wildman–Crippen MR) is 415 cm³/mol. The van der Waals surface area contributed by atoms with Gasteiger partial charge in [-0.05, 0) is 104 Å². The number of hydrogen-bond donors (Lipinski definition) is 3. The van der Waals surface area contributed by atoms with E-state index in [2.05, 4.69) is 72.3 Å². The normalized spacial score (nSPS) is 14.0. The van der Waals surface area contributed by atoms with E-state index in [1.165, 1.54) is 45.3 Å². The number of thiophene rings is 4. The van der Waals surface area contributed by atoms with E-state index < -0.39 is 134 Å². The summed E-state index contributed by atoms with van der Waals surface area (Å²) >= 11 is 29.7. The largest absolute Gasteiger partial charge is 0.480 e. The van der Waals surface area contributed by atoms with Gasteiger partial charge >= 0.3 is 42.6 Å². The molecular formula is C68H52BrCl5F14N14O11S4. The van der Waals surface area contributed by atoms with Gasteiger partial charge in [0, 0.05) is 56.9 Å². The highest BCUT2D eigenvalue weighted by atomic mass is 79.9. The minimum atomic E-state index is -4.66. The second-order valence-electron chi connectivity index (χ2n) is 23.8. The molecule has 624 valence electrons. The Morgan fingerprint density at radius 1 is 0.513 bits per heavy atom. The van der Waals surface area contributed by atoms with Gasteiger partial charge in [0.1, 0.15) is 37.3 Å². The number of carboxylic acid groups (broad SMARTS) is 1. The van der Waals surface area contributed by atoms with E-state index in [9.17, 15) is 99.8 Å². The van der Waals surface area contributed by atoms with E-state index >= 15 is 0 Å². The van der Waals surface area contributed by atoms with E-state index in [1.54, 1.807) is 19.2 Å². The highest BCUT2D eigenvalue weighted by Gasteiger charge is 2.38. The molecule has 1 amide bonds. The van der Waals surface area contributed by atoms with Crippen LogP contribution in [-0.2, 0) is 73.0 Å². The number of halogens is 20. The van der Waals surface area contributed by atoms with Crippen molar-refractivity contribution in [3.63, 3.8) is 0 Å². The first-order valence-electron chi connectivity index (χ1n) is 32.8. The molecule has 2 fully saturated rings. The molecule has 12 aromatic rings. The molecule has 0 aliphatic carbocycles. The van der Waals surface area contributed by atoms with Gasteiger partial charge in [-0.1, -0.05) is 107 Å². The van der Waals surface area contributed by atoms with E-state index in [1.807, 2.05) is 0 Å². The number of rotatable bonds is 13. The van der Waals surface area contributed by atoms with Crippen LogP contribution in [0.4, 0.5) is 61.5 Å². The van der Waals surface area contributed by atoms with Gasteiger partial charge in [0.2, 0.25) is 5.91 Å². The number of carbonyl (C=O) groups is 4. The number of likely N-dealkylation sites (tertiary alicyclic amines) is 1. The molecule has 8 aromatic heterocycles. The average molecular weight is 1890 g/mol. The van der Waals surface area contributed by atoms with Crippen molar-refractivity contribution in [2.45, 2.75) is 83.4 Å². The molecule has 0 saturated carbocycles. The Morgan fingerprint density at radius 2 is 0.863 bits per heavy atom. The zero-order chi connectivity index (χ0) is 85.1. The van der Waals surface area contributed by atoms with Crippen LogP contribution in [0.1, 0.15) is 48.9 Å². The van der Waals surface area contributed by atoms with Gasteiger partial charge < -0.3 is 24.8 Å². The lowest BCUT2D eigenvalue weighted by atomic mass is 10.0. The van der Waals surface area contributed by atoms with Crippen molar-refractivity contribution >= 4 is 185 Å². The summed E-state index contributed by atoms with van der Waals surface area (Å²) in [7, 11) is 0. The number of aromatic amines is 1. The first kappa shape index (κ1) is 93.2. The number of esters is 2. The Morgan fingerprint density at radius 3 is 1.16 bits per heavy atom. The maximum absolute atomic E-state index is 13.3. The SMILES string of the molecule is CCOC(=O)CBr.CCOC(=O)Cn1nnc2scc(-c3ccc(Cl)c(C(F)(F)F)c3)c2c1=O.Cl.FC1CCNC1.O=C(Cn1nnc2scc(-c3ccc(Cl)c(C(F)(F)F)c3)c2c1=O)N1CCC(F)C1.O=C(O)Cn1nnc2scc(-c3ccc(Cl)c(C(F)(F)F)c3)c2c1=O.O=c1[nH]nnc2scc(-c3ccc(Cl)c(C(F)(F)F)c3)c12. The summed E-state index contributed by atoms with van der Waals surface area (Å²) in [6.45, 7) is 4.05. The standard InChI is InChI=1S/C18H13ClF4N4O2S.C16H11ClF3N3O3S.C14H7ClF3N3O3S.C12H5ClF3N3OS.C4H7BrO2.C4H8FN.ClH/c19-13-2-1-9(5-12(13)18(21,22)23)11-8-30-16-15(11)17(29)27(25-24-16)7-14(28)26-4-3-10(20)6-26;1-2-26-12(24)6-23-15(25)13-9(7-27-14(13)21-22-23)8-3-4-11(17)10(5-8)16(18,19)20;15-9-2-1-6(3-8(9)14(16,17)18)7-5-25-12-11(7)13(24)21(20-19-12)4-10(22)23;13-8-2-1-5(3-7(8)12(14,15)16)6-4-21-11-9(6)10(20)17-19-18-11;1-2-7-4(6)3-5;5-4-1-2-6-3-4;/h1-2,5,8,10H,3-4,6-7H2;3-5,7H,2,6H2,1H3;1-3,5H,4H2,(H,22,23);1-4H,(H,17,18,20);2-3H2,1H3;4,6H,1-3H2;1H. The van der Waals surface area contributed by atoms with Gasteiger partial charge in [0.15, 0.2) is 19.3 Å². The fraction of sp³-hybridized carbons (Fsp3) is 0.294.